The summed E-state index contributed by atoms with van der Waals surface area (Å²) in [4.78, 5) is 8.75. The lowest BCUT2D eigenvalue weighted by Crippen LogP contribution is -2.40. The van der Waals surface area contributed by atoms with Gasteiger partial charge in [-0.1, -0.05) is 94.3 Å². The standard InChI is InChI=1S/C25H39FN4.C7H17N.C2H6/c1-9-15-25(6,18-29(7)8)19-30(10-2)17-21(4)20(3)11-14-24(28-26)23-13-12-22(5)27-16-23;1-3-5-6-7(8)4-2;1-2/h10-14,16H,2,9,15,17-19H2,1,3-8H3;7H,3-6,8H2,1-2H3;1-2H3/b14-11-,21-20+,28-24+;;/t25-;;/m0../s1. The molecule has 2 atom stereocenters. The van der Waals surface area contributed by atoms with Crippen molar-refractivity contribution in [3.8, 4) is 0 Å². The second kappa shape index (κ2) is 23.4. The molecule has 230 valence electrons. The topological polar surface area (TPSA) is 57.8 Å². The van der Waals surface area contributed by atoms with E-state index in [0.29, 0.717) is 11.6 Å². The molecule has 1 aromatic heterocycles. The predicted octanol–water partition coefficient (Wildman–Crippen LogP) is 8.71. The first-order valence-corrected chi connectivity index (χ1v) is 15.2. The Morgan fingerprint density at radius 2 is 1.77 bits per heavy atom. The van der Waals surface area contributed by atoms with Crippen LogP contribution in [-0.2, 0) is 0 Å². The number of aryl methyl sites for hydroxylation is 1. The molecule has 5 nitrogen and oxygen atoms in total. The molecule has 2 N–H and O–H groups in total. The Morgan fingerprint density at radius 1 is 1.12 bits per heavy atom. The molecule has 1 heterocycles. The van der Waals surface area contributed by atoms with Gasteiger partial charge in [0.2, 0.25) is 0 Å². The van der Waals surface area contributed by atoms with Gasteiger partial charge < -0.3 is 15.5 Å². The van der Waals surface area contributed by atoms with Gasteiger partial charge in [0.25, 0.3) is 0 Å². The lowest BCUT2D eigenvalue weighted by molar-refractivity contribution is 0.151. The Morgan fingerprint density at radius 3 is 2.23 bits per heavy atom. The highest BCUT2D eigenvalue weighted by molar-refractivity contribution is 6.08. The fraction of sp³-hybridized carbons (Fsp3) is 0.647. The second-order valence-corrected chi connectivity index (χ2v) is 11.2. The van der Waals surface area contributed by atoms with Crippen LogP contribution in [0.15, 0.2) is 59.6 Å². The molecule has 1 aromatic rings. The van der Waals surface area contributed by atoms with Crippen LogP contribution in [0.1, 0.15) is 105 Å². The van der Waals surface area contributed by atoms with Gasteiger partial charge >= 0.3 is 0 Å². The zero-order valence-corrected chi connectivity index (χ0v) is 27.9. The third-order valence-corrected chi connectivity index (χ3v) is 6.75. The number of hydrogen-bond acceptors (Lipinski definition) is 5. The van der Waals surface area contributed by atoms with Gasteiger partial charge in [-0.05, 0) is 84.0 Å². The van der Waals surface area contributed by atoms with Crippen LogP contribution in [0.25, 0.3) is 0 Å². The van der Waals surface area contributed by atoms with E-state index >= 15 is 0 Å². The van der Waals surface area contributed by atoms with Crippen LogP contribution in [0, 0.1) is 12.3 Å². The molecule has 0 radical (unpaired) electrons. The average molecular weight is 560 g/mol. The van der Waals surface area contributed by atoms with Gasteiger partial charge in [-0.2, -0.15) is 0 Å². The minimum atomic E-state index is 0.197. The summed E-state index contributed by atoms with van der Waals surface area (Å²) in [6.07, 6.45) is 14.4. The van der Waals surface area contributed by atoms with Crippen LogP contribution in [0.3, 0.4) is 0 Å². The molecular weight excluding hydrogens is 497 g/mol. The molecule has 40 heavy (non-hydrogen) atoms. The van der Waals surface area contributed by atoms with Crippen molar-refractivity contribution in [3.05, 3.63) is 65.7 Å². The fourth-order valence-electron chi connectivity index (χ4n) is 4.49. The van der Waals surface area contributed by atoms with Gasteiger partial charge in [-0.25, -0.2) is 0 Å². The van der Waals surface area contributed by atoms with E-state index in [9.17, 15) is 4.48 Å². The molecule has 1 unspecified atom stereocenters. The van der Waals surface area contributed by atoms with Gasteiger partial charge in [0.05, 0.1) is 0 Å². The summed E-state index contributed by atoms with van der Waals surface area (Å²) in [5.41, 5.74) is 9.99. The van der Waals surface area contributed by atoms with Crippen LogP contribution < -0.4 is 5.73 Å². The highest BCUT2D eigenvalue weighted by Gasteiger charge is 2.26. The summed E-state index contributed by atoms with van der Waals surface area (Å²) in [6.45, 7) is 25.8. The molecular formula is C34H62FN5. The summed E-state index contributed by atoms with van der Waals surface area (Å²) in [7, 11) is 4.25. The van der Waals surface area contributed by atoms with Crippen molar-refractivity contribution in [3.63, 3.8) is 0 Å². The van der Waals surface area contributed by atoms with Crippen LogP contribution in [0.2, 0.25) is 0 Å². The third-order valence-electron chi connectivity index (χ3n) is 6.75. The normalized spacial score (nSPS) is 14.4. The van der Waals surface area contributed by atoms with Crippen molar-refractivity contribution in [1.29, 1.82) is 0 Å². The lowest BCUT2D eigenvalue weighted by atomic mass is 9.84. The van der Waals surface area contributed by atoms with E-state index < -0.39 is 0 Å². The third kappa shape index (κ3) is 18.1. The smallest absolute Gasteiger partial charge is 0.105 e. The van der Waals surface area contributed by atoms with Crippen molar-refractivity contribution in [2.45, 2.75) is 107 Å². The van der Waals surface area contributed by atoms with Crippen molar-refractivity contribution in [2.75, 3.05) is 33.7 Å². The van der Waals surface area contributed by atoms with Crippen LogP contribution >= 0.6 is 0 Å². The molecule has 0 saturated carbocycles. The fourth-order valence-corrected chi connectivity index (χ4v) is 4.49. The monoisotopic (exact) mass is 559 g/mol. The first-order valence-electron chi connectivity index (χ1n) is 15.2. The number of aromatic nitrogens is 1. The van der Waals surface area contributed by atoms with Crippen LogP contribution in [0.4, 0.5) is 4.48 Å². The summed E-state index contributed by atoms with van der Waals surface area (Å²) < 4.78 is 13.2. The van der Waals surface area contributed by atoms with E-state index in [1.165, 1.54) is 24.8 Å². The van der Waals surface area contributed by atoms with Crippen LogP contribution in [-0.4, -0.2) is 60.3 Å². The first kappa shape index (κ1) is 39.8. The SMILES string of the molecule is C=CN(C/C(C)=C(C)/C=C\C(=N/F)c1ccc(C)nc1)C[C@@](C)(CCC)CN(C)C.CC.CCCCC(N)CC. The number of halogens is 1. The van der Waals surface area contributed by atoms with E-state index in [1.54, 1.807) is 12.3 Å². The summed E-state index contributed by atoms with van der Waals surface area (Å²) in [5.74, 6) is 0. The van der Waals surface area contributed by atoms with Gasteiger partial charge in [0, 0.05) is 43.1 Å². The second-order valence-electron chi connectivity index (χ2n) is 11.2. The summed E-state index contributed by atoms with van der Waals surface area (Å²) in [6, 6.07) is 4.14. The molecule has 0 saturated heterocycles. The minimum absolute atomic E-state index is 0.197. The molecule has 0 aromatic carbocycles. The Labute approximate surface area is 247 Å². The van der Waals surface area contributed by atoms with Crippen molar-refractivity contribution >= 4 is 5.71 Å². The van der Waals surface area contributed by atoms with Gasteiger partial charge in [-0.3, -0.25) is 4.98 Å². The Bertz CT molecular complexity index is 873. The average Bonchev–Trinajstić information content (AvgIpc) is 2.93. The number of nitrogens with zero attached hydrogens (tertiary/aromatic N) is 4. The summed E-state index contributed by atoms with van der Waals surface area (Å²) >= 11 is 0. The molecule has 6 heteroatoms. The minimum Gasteiger partial charge on any atom is -0.373 e. The van der Waals surface area contributed by atoms with E-state index in [0.717, 1.165) is 50.2 Å². The highest BCUT2D eigenvalue weighted by Crippen LogP contribution is 2.26. The zero-order valence-electron chi connectivity index (χ0n) is 27.9. The molecule has 0 amide bonds. The van der Waals surface area contributed by atoms with E-state index in [1.807, 2.05) is 52.1 Å². The Kier molecular flexibility index (Phi) is 23.3. The Balaban J connectivity index is 0. The predicted molar refractivity (Wildman–Crippen MR) is 177 cm³/mol. The largest absolute Gasteiger partial charge is 0.373 e. The molecule has 0 aliphatic heterocycles. The van der Waals surface area contributed by atoms with Crippen molar-refractivity contribution in [2.24, 2.45) is 16.4 Å². The maximum Gasteiger partial charge on any atom is 0.105 e. The molecule has 0 bridgehead atoms. The van der Waals surface area contributed by atoms with Crippen LogP contribution in [0.5, 0.6) is 0 Å². The van der Waals surface area contributed by atoms with Crippen molar-refractivity contribution < 1.29 is 4.48 Å². The first-order chi connectivity index (χ1) is 18.9. The summed E-state index contributed by atoms with van der Waals surface area (Å²) in [5, 5.41) is 2.93. The Hall–Kier alpha value is -2.31. The number of hydrogen-bond donors (Lipinski definition) is 1. The molecule has 0 fully saturated rings. The lowest BCUT2D eigenvalue weighted by Gasteiger charge is -2.37. The number of rotatable bonds is 16. The molecule has 0 spiro atoms. The van der Waals surface area contributed by atoms with E-state index in [-0.39, 0.29) is 11.1 Å². The number of nitrogens with two attached hydrogens (primary N) is 1. The number of unbranched alkanes of at least 4 members (excludes halogenated alkanes) is 1. The quantitative estimate of drug-likeness (QED) is 0.163. The van der Waals surface area contributed by atoms with Gasteiger partial charge in [0.15, 0.2) is 0 Å². The number of pyridine rings is 1. The van der Waals surface area contributed by atoms with Gasteiger partial charge in [0.1, 0.15) is 5.71 Å². The molecule has 0 aliphatic rings. The zero-order chi connectivity index (χ0) is 31.1. The number of allylic oxidation sites excluding steroid dienone is 3. The molecule has 1 rings (SSSR count). The van der Waals surface area contributed by atoms with Gasteiger partial charge in [-0.15, -0.1) is 0 Å². The van der Waals surface area contributed by atoms with Crippen molar-refractivity contribution in [1.82, 2.24) is 14.8 Å². The maximum absolute atomic E-state index is 13.2. The molecule has 0 aliphatic carbocycles. The van der Waals surface area contributed by atoms with E-state index in [4.69, 9.17) is 5.73 Å². The highest BCUT2D eigenvalue weighted by atomic mass is 19.2. The maximum atomic E-state index is 13.2. The van der Waals surface area contributed by atoms with E-state index in [2.05, 4.69) is 75.3 Å².